The molecule has 0 bridgehead atoms. The van der Waals surface area contributed by atoms with Gasteiger partial charge in [0.05, 0.1) is 0 Å². The Kier molecular flexibility index (Phi) is 1.62. The number of halogens is 2. The SMILES string of the molecule is [CH3][Zr]([CH3])([CH3])([CH3])([CH3])([CH3])([CH3])([CH3])([CH3])([CH3])([CH]1C=CC=C1)[CH]1C=CC=C1.[Cl-].[Cl-]. The molecule has 0 N–H and O–H groups in total. The molecule has 2 rings (SSSR count). The summed E-state index contributed by atoms with van der Waals surface area (Å²) in [5, 5.41) is 0. The van der Waals surface area contributed by atoms with Crippen molar-refractivity contribution in [2.45, 2.75) is 53.6 Å². The Hall–Kier alpha value is 0.423. The van der Waals surface area contributed by atoms with Gasteiger partial charge in [-0.3, -0.25) is 0 Å². The van der Waals surface area contributed by atoms with Gasteiger partial charge in [0.1, 0.15) is 0 Å². The number of allylic oxidation sites excluding steroid dienone is 8. The summed E-state index contributed by atoms with van der Waals surface area (Å²) in [5.74, 6) is 0. The minimum Gasteiger partial charge on any atom is -1.00 e. The van der Waals surface area contributed by atoms with E-state index in [1.165, 1.54) is 0 Å². The Balaban J connectivity index is 0.00000242. The van der Waals surface area contributed by atoms with Crippen molar-refractivity contribution in [2.24, 2.45) is 0 Å². The summed E-state index contributed by atoms with van der Waals surface area (Å²) in [6.07, 6.45) is 18.5. The zero-order chi connectivity index (χ0) is 17.1. The Morgan fingerprint density at radius 2 is 0.609 bits per heavy atom. The minimum atomic E-state index is -6.41. The van der Waals surface area contributed by atoms with E-state index in [-0.39, 0.29) is 32.1 Å². The molecule has 0 radical (unpaired) electrons. The zero-order valence-electron chi connectivity index (χ0n) is 17.0. The van der Waals surface area contributed by atoms with Gasteiger partial charge in [-0.25, -0.2) is 0 Å². The topological polar surface area (TPSA) is 0 Å². The fourth-order valence-corrected chi connectivity index (χ4v) is 27.4. The van der Waals surface area contributed by atoms with Crippen molar-refractivity contribution < 1.29 is 33.2 Å². The average Bonchev–Trinajstić information content (AvgIpc) is 2.73. The maximum atomic E-state index is 2.61. The summed E-state index contributed by atoms with van der Waals surface area (Å²) in [6.45, 7) is 0. The van der Waals surface area contributed by atoms with Crippen molar-refractivity contribution in [1.29, 1.82) is 0 Å². The van der Waals surface area contributed by atoms with Crippen LogP contribution in [0.3, 0.4) is 0 Å². The Bertz CT molecular complexity index is 816. The van der Waals surface area contributed by atoms with E-state index in [1.807, 2.05) is 0 Å². The smallest absolute Gasteiger partial charge is 1.00 e. The molecule has 23 heavy (non-hydrogen) atoms. The van der Waals surface area contributed by atoms with E-state index >= 15 is 0 Å². The van der Waals surface area contributed by atoms with E-state index < -0.39 is 8.39 Å². The first-order valence-corrected chi connectivity index (χ1v) is 36.3. The van der Waals surface area contributed by atoms with Crippen molar-refractivity contribution in [3.8, 4) is 0 Å². The van der Waals surface area contributed by atoms with Crippen molar-refractivity contribution in [3.05, 3.63) is 48.6 Å². The van der Waals surface area contributed by atoms with E-state index in [4.69, 9.17) is 0 Å². The van der Waals surface area contributed by atoms with Crippen LogP contribution in [0.15, 0.2) is 48.6 Å². The summed E-state index contributed by atoms with van der Waals surface area (Å²) < 4.78 is 26.7. The molecule has 0 aromatic rings. The first kappa shape index (κ1) is 23.4. The van der Waals surface area contributed by atoms with E-state index in [2.05, 4.69) is 94.9 Å². The maximum Gasteiger partial charge on any atom is -1.00 e. The van der Waals surface area contributed by atoms with Crippen molar-refractivity contribution in [1.82, 2.24) is 0 Å². The van der Waals surface area contributed by atoms with E-state index in [0.717, 1.165) is 0 Å². The molecule has 0 spiro atoms. The number of hydrogen-bond donors (Lipinski definition) is 0. The summed E-state index contributed by atoms with van der Waals surface area (Å²) in [5.41, 5.74) is 0. The molecule has 0 aliphatic heterocycles. The fraction of sp³-hybridized carbons (Fsp3) is 0.600. The van der Waals surface area contributed by atoms with Gasteiger partial charge in [0.2, 0.25) is 0 Å². The molecule has 0 saturated heterocycles. The molecule has 2 aliphatic carbocycles. The van der Waals surface area contributed by atoms with Gasteiger partial charge in [-0.15, -0.1) is 0 Å². The quantitative estimate of drug-likeness (QED) is 0.617. The Morgan fingerprint density at radius 1 is 0.435 bits per heavy atom. The molecule has 2 aliphatic rings. The second kappa shape index (κ2) is 1.59. The third-order valence-corrected chi connectivity index (χ3v) is 45.1. The van der Waals surface area contributed by atoms with E-state index in [0.29, 0.717) is 0 Å². The molecule has 0 atom stereocenters. The van der Waals surface area contributed by atoms with E-state index in [1.54, 1.807) is 0 Å². The standard InChI is InChI=1S/2C5H5.10CH3.2ClH.Zr/c2*1-2-4-5-3-1;;;;;;;;;;;;;/h2*1-5H;10*1H3;2*1H;/p-2. The van der Waals surface area contributed by atoms with Crippen LogP contribution in [0.1, 0.15) is 0 Å². The molecule has 140 valence electrons. The van der Waals surface area contributed by atoms with Crippen molar-refractivity contribution >= 4 is 0 Å². The van der Waals surface area contributed by atoms with Gasteiger partial charge in [-0.1, -0.05) is 0 Å². The average molecular weight is 443 g/mol. The molecule has 0 aromatic carbocycles. The Morgan fingerprint density at radius 3 is 0.783 bits per heavy atom. The molecule has 0 heterocycles. The van der Waals surface area contributed by atoms with Crippen molar-refractivity contribution in [2.75, 3.05) is 0 Å². The van der Waals surface area contributed by atoms with Gasteiger partial charge in [0, 0.05) is 0 Å². The second-order valence-electron chi connectivity index (χ2n) is 31.0. The van der Waals surface area contributed by atoms with Crippen LogP contribution in [0.4, 0.5) is 0 Å². The third-order valence-electron chi connectivity index (χ3n) is 8.55. The first-order chi connectivity index (χ1) is 7.85. The number of hydrogen-bond acceptors (Lipinski definition) is 0. The summed E-state index contributed by atoms with van der Waals surface area (Å²) in [7, 11) is -6.41. The molecular weight excluding hydrogens is 402 g/mol. The van der Waals surface area contributed by atoms with Crippen LogP contribution in [0.2, 0.25) is 53.6 Å². The maximum absolute atomic E-state index is 6.41. The molecule has 0 nitrogen and oxygen atoms in total. The molecule has 0 unspecified atom stereocenters. The van der Waals surface area contributed by atoms with Crippen LogP contribution < -0.4 is 24.8 Å². The van der Waals surface area contributed by atoms with Crippen LogP contribution in [0, 0.1) is 0 Å². The first-order valence-electron chi connectivity index (χ1n) is 8.91. The molecule has 0 saturated carbocycles. The second-order valence-corrected chi connectivity index (χ2v) is 174. The number of rotatable bonds is 2. The van der Waals surface area contributed by atoms with Crippen molar-refractivity contribution in [3.63, 3.8) is 0 Å². The van der Waals surface area contributed by atoms with Gasteiger partial charge in [-0.2, -0.15) is 0 Å². The Labute approximate surface area is 134 Å². The molecular formula is C20H40Cl2Zr-2. The molecule has 0 amide bonds. The predicted octanol–water partition coefficient (Wildman–Crippen LogP) is 2.74. The molecule has 0 aromatic heterocycles. The van der Waals surface area contributed by atoms with E-state index in [9.17, 15) is 0 Å². The van der Waals surface area contributed by atoms with Crippen LogP contribution in [-0.4, -0.2) is 0 Å². The van der Waals surface area contributed by atoms with Gasteiger partial charge in [0.25, 0.3) is 0 Å². The van der Waals surface area contributed by atoms with Crippen LogP contribution >= 0.6 is 0 Å². The van der Waals surface area contributed by atoms with Crippen LogP contribution in [-0.2, 0) is 8.39 Å². The predicted molar refractivity (Wildman–Crippen MR) is 103 cm³/mol. The zero-order valence-corrected chi connectivity index (χ0v) is 21.0. The van der Waals surface area contributed by atoms with Crippen LogP contribution in [0.5, 0.6) is 0 Å². The van der Waals surface area contributed by atoms with Gasteiger partial charge in [-0.05, 0) is 0 Å². The largest absolute Gasteiger partial charge is 1.00 e. The summed E-state index contributed by atoms with van der Waals surface area (Å²) in [4.78, 5) is 0. The molecule has 3 heteroatoms. The summed E-state index contributed by atoms with van der Waals surface area (Å²) in [6, 6.07) is 0. The fourth-order valence-electron chi connectivity index (χ4n) is 5.16. The normalized spacial score (nSPS) is 36.6. The minimum absolute atomic E-state index is 0. The summed E-state index contributed by atoms with van der Waals surface area (Å²) >= 11 is 0. The monoisotopic (exact) mass is 440 g/mol. The van der Waals surface area contributed by atoms with Crippen LogP contribution in [0.25, 0.3) is 0 Å². The third kappa shape index (κ3) is 2.74. The van der Waals surface area contributed by atoms with Gasteiger partial charge in [0.15, 0.2) is 0 Å². The van der Waals surface area contributed by atoms with Gasteiger partial charge >= 0.3 is 111 Å². The molecule has 0 fully saturated rings. The van der Waals surface area contributed by atoms with Gasteiger partial charge < -0.3 is 24.8 Å².